The van der Waals surface area contributed by atoms with E-state index in [9.17, 15) is 14.4 Å². The summed E-state index contributed by atoms with van der Waals surface area (Å²) in [7, 11) is 0. The first kappa shape index (κ1) is 30.4. The van der Waals surface area contributed by atoms with Crippen LogP contribution in [0.3, 0.4) is 0 Å². The Morgan fingerprint density at radius 3 is 1.67 bits per heavy atom. The van der Waals surface area contributed by atoms with Crippen molar-refractivity contribution < 1.29 is 24.1 Å². The summed E-state index contributed by atoms with van der Waals surface area (Å²) in [6.07, 6.45) is 3.30. The Morgan fingerprint density at radius 1 is 0.578 bits per heavy atom. The number of benzene rings is 4. The van der Waals surface area contributed by atoms with Crippen molar-refractivity contribution in [2.45, 2.75) is 27.7 Å². The molecule has 5 aromatic rings. The fourth-order valence-corrected chi connectivity index (χ4v) is 4.76. The van der Waals surface area contributed by atoms with E-state index in [0.717, 1.165) is 39.0 Å². The van der Waals surface area contributed by atoms with E-state index in [-0.39, 0.29) is 5.78 Å². The van der Waals surface area contributed by atoms with Crippen molar-refractivity contribution in [3.8, 4) is 0 Å². The molecule has 0 aliphatic rings. The molecule has 10 heteroatoms. The van der Waals surface area contributed by atoms with E-state index in [2.05, 4.69) is 20.5 Å². The van der Waals surface area contributed by atoms with Gasteiger partial charge in [0.05, 0.1) is 29.5 Å². The van der Waals surface area contributed by atoms with Gasteiger partial charge in [-0.05, 0) is 61.9 Å². The van der Waals surface area contributed by atoms with Crippen molar-refractivity contribution in [2.75, 3.05) is 4.90 Å². The first-order valence-electron chi connectivity index (χ1n) is 14.0. The molecule has 45 heavy (non-hydrogen) atoms. The van der Waals surface area contributed by atoms with E-state index in [4.69, 9.17) is 9.68 Å². The Kier molecular flexibility index (Phi) is 9.14. The number of oxime groups is 2. The summed E-state index contributed by atoms with van der Waals surface area (Å²) in [6.45, 7) is 6.08. The van der Waals surface area contributed by atoms with Crippen LogP contribution in [0.1, 0.15) is 54.7 Å². The van der Waals surface area contributed by atoms with E-state index in [1.165, 1.54) is 13.8 Å². The van der Waals surface area contributed by atoms with Gasteiger partial charge in [0.15, 0.2) is 5.78 Å². The molecule has 0 atom stereocenters. The summed E-state index contributed by atoms with van der Waals surface area (Å²) in [5, 5.41) is 17.6. The SMILES string of the molecule is CC(=O)O/N=C(/C)c1ccc(N(c2ccc(C(=O)c3ccccc3)cc2)c2ccc(/C(C)=N\OC(C)=O)c3cnncc23)cc1. The molecular formula is C35H29N5O5. The molecule has 0 fully saturated rings. The molecule has 0 radical (unpaired) electrons. The molecule has 0 aliphatic heterocycles. The predicted octanol–water partition coefficient (Wildman–Crippen LogP) is 6.90. The zero-order valence-electron chi connectivity index (χ0n) is 25.1. The third kappa shape index (κ3) is 6.97. The van der Waals surface area contributed by atoms with Crippen LogP contribution in [-0.2, 0) is 19.3 Å². The number of carbonyl (C=O) groups excluding carboxylic acids is 3. The number of hydrogen-bond donors (Lipinski definition) is 0. The lowest BCUT2D eigenvalue weighted by atomic mass is 10.0. The van der Waals surface area contributed by atoms with Crippen molar-refractivity contribution >= 4 is 57.0 Å². The van der Waals surface area contributed by atoms with Crippen LogP contribution in [0, 0.1) is 0 Å². The van der Waals surface area contributed by atoms with Crippen molar-refractivity contribution in [1.29, 1.82) is 0 Å². The van der Waals surface area contributed by atoms with Gasteiger partial charge in [0, 0.05) is 52.7 Å². The van der Waals surface area contributed by atoms with Crippen molar-refractivity contribution in [3.05, 3.63) is 126 Å². The molecule has 1 aromatic heterocycles. The third-order valence-corrected chi connectivity index (χ3v) is 6.92. The molecule has 224 valence electrons. The average molecular weight is 600 g/mol. The molecule has 4 aromatic carbocycles. The summed E-state index contributed by atoms with van der Waals surface area (Å²) in [5.74, 6) is -1.10. The second kappa shape index (κ2) is 13.5. The van der Waals surface area contributed by atoms with Gasteiger partial charge >= 0.3 is 11.9 Å². The van der Waals surface area contributed by atoms with E-state index >= 15 is 0 Å². The third-order valence-electron chi connectivity index (χ3n) is 6.92. The van der Waals surface area contributed by atoms with Gasteiger partial charge in [-0.3, -0.25) is 4.79 Å². The van der Waals surface area contributed by atoms with Gasteiger partial charge in [0.2, 0.25) is 0 Å². The lowest BCUT2D eigenvalue weighted by Gasteiger charge is -2.27. The fraction of sp³-hybridized carbons (Fsp3) is 0.114. The zero-order chi connectivity index (χ0) is 31.9. The van der Waals surface area contributed by atoms with Gasteiger partial charge < -0.3 is 14.6 Å². The number of fused-ring (bicyclic) bond motifs is 1. The normalized spacial score (nSPS) is 11.6. The molecule has 0 N–H and O–H groups in total. The maximum Gasteiger partial charge on any atom is 0.331 e. The number of hydrogen-bond acceptors (Lipinski definition) is 10. The molecule has 0 spiro atoms. The zero-order valence-corrected chi connectivity index (χ0v) is 25.1. The van der Waals surface area contributed by atoms with Crippen LogP contribution in [0.15, 0.2) is 114 Å². The topological polar surface area (TPSA) is 123 Å². The molecule has 10 nitrogen and oxygen atoms in total. The molecule has 0 saturated heterocycles. The van der Waals surface area contributed by atoms with Crippen LogP contribution in [0.5, 0.6) is 0 Å². The molecular weight excluding hydrogens is 570 g/mol. The summed E-state index contributed by atoms with van der Waals surface area (Å²) >= 11 is 0. The van der Waals surface area contributed by atoms with Gasteiger partial charge in [-0.1, -0.05) is 58.8 Å². The maximum absolute atomic E-state index is 13.1. The summed E-state index contributed by atoms with van der Waals surface area (Å²) in [5.41, 5.74) is 6.07. The standard InChI is InChI=1S/C35H29N5O5/c1-22(38-44-24(3)41)26-10-14-29(15-11-26)40(30-16-12-28(13-17-30)35(43)27-8-6-5-7-9-27)34-19-18-31(23(2)39-45-25(4)42)32-20-36-37-21-33(32)34/h5-21H,1-4H3/b38-22-,39-23-. The predicted molar refractivity (Wildman–Crippen MR) is 172 cm³/mol. The molecule has 0 unspecified atom stereocenters. The molecule has 5 rings (SSSR count). The van der Waals surface area contributed by atoms with Crippen molar-refractivity contribution in [1.82, 2.24) is 10.2 Å². The summed E-state index contributed by atoms with van der Waals surface area (Å²) < 4.78 is 0. The minimum absolute atomic E-state index is 0.0757. The lowest BCUT2D eigenvalue weighted by Crippen LogP contribution is -2.12. The highest BCUT2D eigenvalue weighted by molar-refractivity contribution is 6.13. The van der Waals surface area contributed by atoms with Crippen LogP contribution in [0.4, 0.5) is 17.1 Å². The van der Waals surface area contributed by atoms with Gasteiger partial charge in [-0.15, -0.1) is 0 Å². The monoisotopic (exact) mass is 599 g/mol. The van der Waals surface area contributed by atoms with Gasteiger partial charge in [-0.25, -0.2) is 9.59 Å². The second-order valence-electron chi connectivity index (χ2n) is 10.1. The van der Waals surface area contributed by atoms with Crippen LogP contribution in [-0.4, -0.2) is 39.3 Å². The molecule has 0 saturated carbocycles. The Bertz CT molecular complexity index is 1940. The van der Waals surface area contributed by atoms with Crippen LogP contribution >= 0.6 is 0 Å². The fourth-order valence-electron chi connectivity index (χ4n) is 4.76. The Labute approximate surface area is 259 Å². The highest BCUT2D eigenvalue weighted by atomic mass is 16.7. The summed E-state index contributed by atoms with van der Waals surface area (Å²) in [4.78, 5) is 47.4. The maximum atomic E-state index is 13.1. The number of rotatable bonds is 9. The van der Waals surface area contributed by atoms with E-state index in [1.807, 2.05) is 71.6 Å². The smallest absolute Gasteiger partial charge is 0.318 e. The van der Waals surface area contributed by atoms with Crippen LogP contribution < -0.4 is 4.90 Å². The summed E-state index contributed by atoms with van der Waals surface area (Å²) in [6, 6.07) is 27.9. The largest absolute Gasteiger partial charge is 0.331 e. The van der Waals surface area contributed by atoms with E-state index in [0.29, 0.717) is 22.6 Å². The minimum Gasteiger partial charge on any atom is -0.318 e. The highest BCUT2D eigenvalue weighted by Crippen LogP contribution is 2.39. The number of ketones is 1. The molecule has 0 amide bonds. The second-order valence-corrected chi connectivity index (χ2v) is 10.1. The van der Waals surface area contributed by atoms with E-state index in [1.54, 1.807) is 50.5 Å². The van der Waals surface area contributed by atoms with Crippen molar-refractivity contribution in [2.24, 2.45) is 10.3 Å². The Hall–Kier alpha value is -6.03. The Morgan fingerprint density at radius 2 is 1.09 bits per heavy atom. The number of anilines is 3. The molecule has 0 aliphatic carbocycles. The number of nitrogens with zero attached hydrogens (tertiary/aromatic N) is 5. The highest BCUT2D eigenvalue weighted by Gasteiger charge is 2.19. The quantitative estimate of drug-likeness (QED) is 0.0775. The minimum atomic E-state index is -0.521. The van der Waals surface area contributed by atoms with Gasteiger partial charge in [0.25, 0.3) is 0 Å². The van der Waals surface area contributed by atoms with Gasteiger partial charge in [0.1, 0.15) is 0 Å². The Balaban J connectivity index is 1.62. The average Bonchev–Trinajstić information content (AvgIpc) is 3.07. The van der Waals surface area contributed by atoms with Crippen LogP contribution in [0.2, 0.25) is 0 Å². The van der Waals surface area contributed by atoms with Gasteiger partial charge in [-0.2, -0.15) is 10.2 Å². The first-order valence-corrected chi connectivity index (χ1v) is 14.0. The van der Waals surface area contributed by atoms with Crippen LogP contribution in [0.25, 0.3) is 10.8 Å². The number of aromatic nitrogens is 2. The molecule has 1 heterocycles. The first-order chi connectivity index (χ1) is 21.7. The molecule has 0 bridgehead atoms. The van der Waals surface area contributed by atoms with Crippen molar-refractivity contribution in [3.63, 3.8) is 0 Å². The number of carbonyl (C=O) groups is 3. The van der Waals surface area contributed by atoms with E-state index < -0.39 is 11.9 Å². The lowest BCUT2D eigenvalue weighted by molar-refractivity contribution is -0.141.